The fraction of sp³-hybridized carbons (Fsp3) is 0.692. The first-order valence-corrected chi connectivity index (χ1v) is 6.73. The molecule has 7 heteroatoms. The second-order valence-corrected chi connectivity index (χ2v) is 4.56. The normalized spacial score (nSPS) is 13.1. The zero-order chi connectivity index (χ0) is 15.2. The van der Waals surface area contributed by atoms with Crippen molar-refractivity contribution < 1.29 is 17.9 Å². The number of nitrogens with zero attached hydrogens (tertiary/aromatic N) is 2. The number of halogens is 3. The molecule has 4 nitrogen and oxygen atoms in total. The van der Waals surface area contributed by atoms with Gasteiger partial charge in [0.1, 0.15) is 0 Å². The van der Waals surface area contributed by atoms with Gasteiger partial charge in [0.2, 0.25) is 11.8 Å². The number of alkyl halides is 3. The van der Waals surface area contributed by atoms with Gasteiger partial charge in [-0.15, -0.1) is 0 Å². The molecule has 0 spiro atoms. The topological polar surface area (TPSA) is 47.0 Å². The average molecular weight is 291 g/mol. The lowest BCUT2D eigenvalue weighted by atomic mass is 10.2. The van der Waals surface area contributed by atoms with Gasteiger partial charge in [-0.1, -0.05) is 20.3 Å². The summed E-state index contributed by atoms with van der Waals surface area (Å²) in [7, 11) is 0. The van der Waals surface area contributed by atoms with E-state index in [4.69, 9.17) is 4.74 Å². The quantitative estimate of drug-likeness (QED) is 0.828. The maximum atomic E-state index is 12.8. The van der Waals surface area contributed by atoms with Crippen LogP contribution in [0, 0.1) is 0 Å². The monoisotopic (exact) mass is 291 g/mol. The summed E-state index contributed by atoms with van der Waals surface area (Å²) in [6.45, 7) is 6.19. The molecular weight excluding hydrogens is 271 g/mol. The van der Waals surface area contributed by atoms with Crippen molar-refractivity contribution in [2.24, 2.45) is 0 Å². The van der Waals surface area contributed by atoms with E-state index < -0.39 is 11.9 Å². The third kappa shape index (κ3) is 5.22. The Bertz CT molecular complexity index is 424. The van der Waals surface area contributed by atoms with Crippen LogP contribution in [0.1, 0.15) is 45.7 Å². The SMILES string of the molecule is CCCNc1nc(OC(C)CCC)cc(C(F)(F)F)n1. The molecule has 1 heterocycles. The third-order valence-corrected chi connectivity index (χ3v) is 2.54. The number of hydrogen-bond donors (Lipinski definition) is 1. The molecule has 114 valence electrons. The van der Waals surface area contributed by atoms with Crippen LogP contribution in [0.15, 0.2) is 6.07 Å². The molecule has 0 bridgehead atoms. The lowest BCUT2D eigenvalue weighted by Gasteiger charge is -2.15. The Kier molecular flexibility index (Phi) is 6.04. The Hall–Kier alpha value is -1.53. The predicted molar refractivity (Wildman–Crippen MR) is 70.8 cm³/mol. The summed E-state index contributed by atoms with van der Waals surface area (Å²) in [4.78, 5) is 7.43. The largest absolute Gasteiger partial charge is 0.475 e. The van der Waals surface area contributed by atoms with Gasteiger partial charge in [0.15, 0.2) is 5.69 Å². The summed E-state index contributed by atoms with van der Waals surface area (Å²) in [6, 6.07) is 0.837. The summed E-state index contributed by atoms with van der Waals surface area (Å²) in [5, 5.41) is 2.75. The molecule has 1 atom stereocenters. The minimum atomic E-state index is -4.52. The highest BCUT2D eigenvalue weighted by Gasteiger charge is 2.34. The van der Waals surface area contributed by atoms with Gasteiger partial charge in [0.25, 0.3) is 0 Å². The van der Waals surface area contributed by atoms with Crippen LogP contribution in [0.25, 0.3) is 0 Å². The van der Waals surface area contributed by atoms with E-state index in [0.717, 1.165) is 25.3 Å². The average Bonchev–Trinajstić information content (AvgIpc) is 2.35. The number of aromatic nitrogens is 2. The Morgan fingerprint density at radius 2 is 1.95 bits per heavy atom. The fourth-order valence-corrected chi connectivity index (χ4v) is 1.62. The van der Waals surface area contributed by atoms with Crippen molar-refractivity contribution in [3.05, 3.63) is 11.8 Å². The van der Waals surface area contributed by atoms with Crippen molar-refractivity contribution in [1.29, 1.82) is 0 Å². The van der Waals surface area contributed by atoms with Gasteiger partial charge in [0.05, 0.1) is 6.10 Å². The summed E-state index contributed by atoms with van der Waals surface area (Å²) >= 11 is 0. The molecule has 0 aromatic carbocycles. The number of nitrogens with one attached hydrogen (secondary N) is 1. The molecule has 1 N–H and O–H groups in total. The van der Waals surface area contributed by atoms with Crippen LogP contribution in [0.4, 0.5) is 19.1 Å². The van der Waals surface area contributed by atoms with Crippen LogP contribution in [0.3, 0.4) is 0 Å². The molecule has 0 saturated carbocycles. The molecule has 1 aromatic rings. The van der Waals surface area contributed by atoms with Gasteiger partial charge in [-0.3, -0.25) is 0 Å². The van der Waals surface area contributed by atoms with Gasteiger partial charge < -0.3 is 10.1 Å². The standard InChI is InChI=1S/C13H20F3N3O/c1-4-6-9(3)20-11-8-10(13(14,15)16)18-12(19-11)17-7-5-2/h8-9H,4-7H2,1-3H3,(H,17,18,19). The molecule has 20 heavy (non-hydrogen) atoms. The van der Waals surface area contributed by atoms with Crippen LogP contribution in [0.2, 0.25) is 0 Å². The van der Waals surface area contributed by atoms with Crippen molar-refractivity contribution in [3.8, 4) is 5.88 Å². The molecule has 0 saturated heterocycles. The highest BCUT2D eigenvalue weighted by atomic mass is 19.4. The zero-order valence-corrected chi connectivity index (χ0v) is 11.9. The van der Waals surface area contributed by atoms with Gasteiger partial charge in [0, 0.05) is 12.6 Å². The molecular formula is C13H20F3N3O. The molecule has 0 aliphatic carbocycles. The maximum Gasteiger partial charge on any atom is 0.433 e. The molecule has 0 fully saturated rings. The van der Waals surface area contributed by atoms with Crippen molar-refractivity contribution in [2.75, 3.05) is 11.9 Å². The Morgan fingerprint density at radius 1 is 1.25 bits per heavy atom. The molecule has 0 radical (unpaired) electrons. The summed E-state index contributed by atoms with van der Waals surface area (Å²) < 4.78 is 43.8. The zero-order valence-electron chi connectivity index (χ0n) is 11.9. The van der Waals surface area contributed by atoms with Gasteiger partial charge in [-0.2, -0.15) is 18.2 Å². The number of anilines is 1. The highest BCUT2D eigenvalue weighted by molar-refractivity contribution is 5.32. The minimum absolute atomic E-state index is 0.0492. The van der Waals surface area contributed by atoms with Gasteiger partial charge in [-0.05, 0) is 19.8 Å². The van der Waals surface area contributed by atoms with E-state index in [2.05, 4.69) is 15.3 Å². The van der Waals surface area contributed by atoms with Crippen molar-refractivity contribution >= 4 is 5.95 Å². The summed E-state index contributed by atoms with van der Waals surface area (Å²) in [5.41, 5.74) is -0.996. The van der Waals surface area contributed by atoms with E-state index in [-0.39, 0.29) is 17.9 Å². The molecule has 1 rings (SSSR count). The van der Waals surface area contributed by atoms with Gasteiger partial charge in [-0.25, -0.2) is 4.98 Å². The van der Waals surface area contributed by atoms with E-state index in [1.165, 1.54) is 0 Å². The molecule has 0 aliphatic rings. The summed E-state index contributed by atoms with van der Waals surface area (Å²) in [6.07, 6.45) is -2.29. The van der Waals surface area contributed by atoms with Crippen LogP contribution >= 0.6 is 0 Å². The lowest BCUT2D eigenvalue weighted by molar-refractivity contribution is -0.141. The van der Waals surface area contributed by atoms with E-state index in [1.807, 2.05) is 13.8 Å². The molecule has 1 unspecified atom stereocenters. The molecule has 0 aliphatic heterocycles. The minimum Gasteiger partial charge on any atom is -0.475 e. The first-order valence-electron chi connectivity index (χ1n) is 6.73. The second-order valence-electron chi connectivity index (χ2n) is 4.56. The van der Waals surface area contributed by atoms with Crippen LogP contribution < -0.4 is 10.1 Å². The van der Waals surface area contributed by atoms with E-state index in [0.29, 0.717) is 6.54 Å². The lowest BCUT2D eigenvalue weighted by Crippen LogP contribution is -2.16. The first-order chi connectivity index (χ1) is 9.36. The van der Waals surface area contributed by atoms with E-state index in [9.17, 15) is 13.2 Å². The van der Waals surface area contributed by atoms with E-state index >= 15 is 0 Å². The van der Waals surface area contributed by atoms with Crippen LogP contribution in [-0.2, 0) is 6.18 Å². The molecule has 0 amide bonds. The maximum absolute atomic E-state index is 12.8. The van der Waals surface area contributed by atoms with Crippen molar-refractivity contribution in [2.45, 2.75) is 52.3 Å². The Labute approximate surface area is 116 Å². The first kappa shape index (κ1) is 16.5. The number of rotatable bonds is 7. The Balaban J connectivity index is 2.97. The van der Waals surface area contributed by atoms with Crippen LogP contribution in [0.5, 0.6) is 5.88 Å². The number of ether oxygens (including phenoxy) is 1. The smallest absolute Gasteiger partial charge is 0.433 e. The number of hydrogen-bond acceptors (Lipinski definition) is 4. The van der Waals surface area contributed by atoms with E-state index in [1.54, 1.807) is 6.92 Å². The van der Waals surface area contributed by atoms with Crippen molar-refractivity contribution in [1.82, 2.24) is 9.97 Å². The highest BCUT2D eigenvalue weighted by Crippen LogP contribution is 2.30. The Morgan fingerprint density at radius 3 is 2.50 bits per heavy atom. The summed E-state index contributed by atoms with van der Waals surface area (Å²) in [5.74, 6) is -0.104. The van der Waals surface area contributed by atoms with Gasteiger partial charge >= 0.3 is 6.18 Å². The van der Waals surface area contributed by atoms with Crippen LogP contribution in [-0.4, -0.2) is 22.6 Å². The van der Waals surface area contributed by atoms with Crippen molar-refractivity contribution in [3.63, 3.8) is 0 Å². The fourth-order valence-electron chi connectivity index (χ4n) is 1.62. The third-order valence-electron chi connectivity index (χ3n) is 2.54. The predicted octanol–water partition coefficient (Wildman–Crippen LogP) is 3.88. The molecule has 1 aromatic heterocycles. The second kappa shape index (κ2) is 7.31.